The van der Waals surface area contributed by atoms with Crippen LogP contribution in [0.2, 0.25) is 0 Å². The number of anilines is 3. The summed E-state index contributed by atoms with van der Waals surface area (Å²) >= 11 is 0. The van der Waals surface area contributed by atoms with E-state index in [-0.39, 0.29) is 0 Å². The monoisotopic (exact) mass is 437 g/mol. The average Bonchev–Trinajstić information content (AvgIpc) is 3.31. The summed E-state index contributed by atoms with van der Waals surface area (Å²) in [5.74, 6) is 0. The summed E-state index contributed by atoms with van der Waals surface area (Å²) < 4.78 is 2.17. The van der Waals surface area contributed by atoms with Crippen molar-refractivity contribution >= 4 is 22.7 Å². The number of para-hydroxylation sites is 2. The topological polar surface area (TPSA) is 20.5 Å². The number of imidazole rings is 1. The smallest absolute Gasteiger partial charge is 0.137 e. The third kappa shape index (κ3) is 3.63. The second-order valence-electron chi connectivity index (χ2n) is 8.16. The van der Waals surface area contributed by atoms with E-state index >= 15 is 0 Å². The molecule has 0 atom stereocenters. The molecule has 3 heteroatoms. The zero-order chi connectivity index (χ0) is 22.7. The minimum absolute atomic E-state index is 0.940. The van der Waals surface area contributed by atoms with E-state index in [2.05, 4.69) is 119 Å². The van der Waals surface area contributed by atoms with Crippen molar-refractivity contribution in [3.8, 4) is 22.5 Å². The van der Waals surface area contributed by atoms with Gasteiger partial charge in [0, 0.05) is 34.4 Å². The predicted octanol–water partition coefficient (Wildman–Crippen LogP) is 8.14. The largest absolute Gasteiger partial charge is 0.311 e. The van der Waals surface area contributed by atoms with Crippen LogP contribution in [0.4, 0.5) is 17.1 Å². The second kappa shape index (κ2) is 8.72. The molecule has 0 aliphatic carbocycles. The van der Waals surface area contributed by atoms with Crippen molar-refractivity contribution in [3.05, 3.63) is 140 Å². The lowest BCUT2D eigenvalue weighted by Gasteiger charge is -2.25. The first kappa shape index (κ1) is 20.0. The highest BCUT2D eigenvalue weighted by Crippen LogP contribution is 2.37. The number of fused-ring (bicyclic) bond motifs is 1. The molecule has 2 heterocycles. The van der Waals surface area contributed by atoms with Gasteiger partial charge in [-0.2, -0.15) is 0 Å². The molecule has 0 saturated carbocycles. The van der Waals surface area contributed by atoms with Crippen molar-refractivity contribution in [2.24, 2.45) is 0 Å². The van der Waals surface area contributed by atoms with Gasteiger partial charge in [0.2, 0.25) is 0 Å². The maximum Gasteiger partial charge on any atom is 0.137 e. The average molecular weight is 438 g/mol. The summed E-state index contributed by atoms with van der Waals surface area (Å²) in [5.41, 5.74) is 8.62. The molecule has 34 heavy (non-hydrogen) atoms. The van der Waals surface area contributed by atoms with Crippen LogP contribution in [0.1, 0.15) is 0 Å². The van der Waals surface area contributed by atoms with Gasteiger partial charge in [0.15, 0.2) is 0 Å². The fourth-order valence-corrected chi connectivity index (χ4v) is 4.44. The highest BCUT2D eigenvalue weighted by molar-refractivity contribution is 5.84. The Morgan fingerprint density at radius 2 is 1.00 bits per heavy atom. The van der Waals surface area contributed by atoms with Crippen LogP contribution in [-0.2, 0) is 0 Å². The third-order valence-corrected chi connectivity index (χ3v) is 6.00. The number of aromatic nitrogens is 2. The Kier molecular flexibility index (Phi) is 5.13. The van der Waals surface area contributed by atoms with E-state index in [0.717, 1.165) is 45.2 Å². The maximum absolute atomic E-state index is 4.96. The summed E-state index contributed by atoms with van der Waals surface area (Å²) in [7, 11) is 0. The van der Waals surface area contributed by atoms with E-state index in [4.69, 9.17) is 4.98 Å². The second-order valence-corrected chi connectivity index (χ2v) is 8.16. The SMILES string of the molecule is c1ccc(-c2nc3ccccn3c2-c2ccc(N(c3ccccc3)c3ccccc3)cc2)cc1. The molecule has 0 aliphatic heterocycles. The van der Waals surface area contributed by atoms with Gasteiger partial charge in [-0.3, -0.25) is 4.40 Å². The van der Waals surface area contributed by atoms with Gasteiger partial charge in [-0.15, -0.1) is 0 Å². The van der Waals surface area contributed by atoms with Crippen LogP contribution < -0.4 is 4.90 Å². The summed E-state index contributed by atoms with van der Waals surface area (Å²) in [5, 5.41) is 0. The molecular weight excluding hydrogens is 414 g/mol. The fourth-order valence-electron chi connectivity index (χ4n) is 4.44. The first-order valence-corrected chi connectivity index (χ1v) is 11.4. The maximum atomic E-state index is 4.96. The molecule has 0 spiro atoms. The third-order valence-electron chi connectivity index (χ3n) is 6.00. The van der Waals surface area contributed by atoms with E-state index in [1.54, 1.807) is 0 Å². The number of hydrogen-bond acceptors (Lipinski definition) is 2. The minimum Gasteiger partial charge on any atom is -0.311 e. The highest BCUT2D eigenvalue weighted by Gasteiger charge is 2.17. The van der Waals surface area contributed by atoms with Gasteiger partial charge in [0.05, 0.1) is 11.4 Å². The summed E-state index contributed by atoms with van der Waals surface area (Å²) in [6.07, 6.45) is 2.08. The molecule has 3 nitrogen and oxygen atoms in total. The van der Waals surface area contributed by atoms with Gasteiger partial charge < -0.3 is 4.90 Å². The van der Waals surface area contributed by atoms with Crippen LogP contribution >= 0.6 is 0 Å². The van der Waals surface area contributed by atoms with E-state index < -0.39 is 0 Å². The Balaban J connectivity index is 1.48. The molecule has 4 aromatic carbocycles. The molecule has 0 bridgehead atoms. The van der Waals surface area contributed by atoms with Gasteiger partial charge in [-0.1, -0.05) is 84.9 Å². The van der Waals surface area contributed by atoms with Crippen molar-refractivity contribution in [1.82, 2.24) is 9.38 Å². The first-order valence-electron chi connectivity index (χ1n) is 11.4. The van der Waals surface area contributed by atoms with Crippen molar-refractivity contribution in [2.75, 3.05) is 4.90 Å². The molecule has 162 valence electrons. The number of pyridine rings is 1. The Labute approximate surface area is 199 Å². The van der Waals surface area contributed by atoms with Crippen molar-refractivity contribution in [3.63, 3.8) is 0 Å². The lowest BCUT2D eigenvalue weighted by Crippen LogP contribution is -2.09. The summed E-state index contributed by atoms with van der Waals surface area (Å²) in [4.78, 5) is 7.24. The number of nitrogens with zero attached hydrogens (tertiary/aromatic N) is 3. The molecule has 6 aromatic rings. The van der Waals surface area contributed by atoms with Gasteiger partial charge in [0.1, 0.15) is 5.65 Å². The van der Waals surface area contributed by atoms with E-state index in [0.29, 0.717) is 0 Å². The van der Waals surface area contributed by atoms with Crippen molar-refractivity contribution in [1.29, 1.82) is 0 Å². The number of rotatable bonds is 5. The lowest BCUT2D eigenvalue weighted by atomic mass is 10.0. The van der Waals surface area contributed by atoms with E-state index in [1.165, 1.54) is 0 Å². The zero-order valence-electron chi connectivity index (χ0n) is 18.6. The van der Waals surface area contributed by atoms with E-state index in [1.807, 2.05) is 30.3 Å². The molecular formula is C31H23N3. The van der Waals surface area contributed by atoms with Crippen LogP contribution in [0.5, 0.6) is 0 Å². The molecule has 0 saturated heterocycles. The molecule has 0 fully saturated rings. The van der Waals surface area contributed by atoms with Gasteiger partial charge in [-0.25, -0.2) is 4.98 Å². The normalized spacial score (nSPS) is 10.9. The molecule has 0 aliphatic rings. The van der Waals surface area contributed by atoms with Crippen molar-refractivity contribution < 1.29 is 0 Å². The number of benzene rings is 4. The Bertz CT molecular complexity index is 1480. The minimum atomic E-state index is 0.940. The lowest BCUT2D eigenvalue weighted by molar-refractivity contribution is 1.19. The zero-order valence-corrected chi connectivity index (χ0v) is 18.6. The molecule has 0 unspecified atom stereocenters. The molecule has 0 radical (unpaired) electrons. The molecule has 0 amide bonds. The Hall–Kier alpha value is -4.63. The standard InChI is InChI=1S/C31H23N3/c1-4-12-24(13-5-1)30-31(33-23-11-10-18-29(33)32-30)25-19-21-28(22-20-25)34(26-14-6-2-7-15-26)27-16-8-3-9-17-27/h1-23H. The number of hydrogen-bond donors (Lipinski definition) is 0. The fraction of sp³-hybridized carbons (Fsp3) is 0. The Morgan fingerprint density at radius 3 is 1.62 bits per heavy atom. The van der Waals surface area contributed by atoms with Gasteiger partial charge in [-0.05, 0) is 48.5 Å². The van der Waals surface area contributed by atoms with Crippen LogP contribution in [0, 0.1) is 0 Å². The summed E-state index contributed by atoms with van der Waals surface area (Å²) in [6, 6.07) is 46.2. The first-order chi connectivity index (χ1) is 16.9. The molecule has 0 N–H and O–H groups in total. The van der Waals surface area contributed by atoms with Crippen LogP contribution in [0.25, 0.3) is 28.2 Å². The van der Waals surface area contributed by atoms with Gasteiger partial charge >= 0.3 is 0 Å². The van der Waals surface area contributed by atoms with Crippen molar-refractivity contribution in [2.45, 2.75) is 0 Å². The van der Waals surface area contributed by atoms with Crippen LogP contribution in [0.3, 0.4) is 0 Å². The summed E-state index contributed by atoms with van der Waals surface area (Å²) in [6.45, 7) is 0. The van der Waals surface area contributed by atoms with E-state index in [9.17, 15) is 0 Å². The predicted molar refractivity (Wildman–Crippen MR) is 141 cm³/mol. The molecule has 2 aromatic heterocycles. The van der Waals surface area contributed by atoms with Crippen LogP contribution in [0.15, 0.2) is 140 Å². The Morgan fingerprint density at radius 1 is 0.471 bits per heavy atom. The van der Waals surface area contributed by atoms with Gasteiger partial charge in [0.25, 0.3) is 0 Å². The quantitative estimate of drug-likeness (QED) is 0.271. The highest BCUT2D eigenvalue weighted by atomic mass is 15.1. The molecule has 6 rings (SSSR count). The van der Waals surface area contributed by atoms with Crippen LogP contribution in [-0.4, -0.2) is 9.38 Å².